The topological polar surface area (TPSA) is 60.8 Å². The second-order valence-corrected chi connectivity index (χ2v) is 8.45. The molecule has 4 nitrogen and oxygen atoms in total. The van der Waals surface area contributed by atoms with Crippen LogP contribution in [0, 0.1) is 17.3 Å². The summed E-state index contributed by atoms with van der Waals surface area (Å²) < 4.78 is 1.01. The Labute approximate surface area is 139 Å². The van der Waals surface area contributed by atoms with Gasteiger partial charge in [0.05, 0.1) is 6.04 Å². The third kappa shape index (κ3) is 2.02. The number of amides is 1. The smallest absolute Gasteiger partial charge is 0.407 e. The van der Waals surface area contributed by atoms with Gasteiger partial charge in [0.2, 0.25) is 0 Å². The quantitative estimate of drug-likeness (QED) is 0.842. The van der Waals surface area contributed by atoms with Crippen molar-refractivity contribution in [3.63, 3.8) is 0 Å². The lowest BCUT2D eigenvalue weighted by atomic mass is 9.72. The molecule has 2 aliphatic rings. The maximum atomic E-state index is 11.7. The fourth-order valence-electron chi connectivity index (χ4n) is 4.80. The van der Waals surface area contributed by atoms with Crippen molar-refractivity contribution < 1.29 is 15.0 Å². The average molecular weight is 368 g/mol. The first kappa shape index (κ1) is 15.8. The highest BCUT2D eigenvalue weighted by Gasteiger charge is 2.76. The molecule has 2 N–H and O–H groups in total. The Kier molecular flexibility index (Phi) is 3.57. The summed E-state index contributed by atoms with van der Waals surface area (Å²) in [6.45, 7) is 6.88. The summed E-state index contributed by atoms with van der Waals surface area (Å²) >= 11 is 3.45. The molecule has 22 heavy (non-hydrogen) atoms. The number of nitrogens with zero attached hydrogens (tertiary/aromatic N) is 1. The molecule has 1 saturated carbocycles. The van der Waals surface area contributed by atoms with E-state index in [1.807, 2.05) is 12.1 Å². The standard InChI is InChI=1S/C17H22BrNO3/c1-16(2,3)14-17(10-4-6-11(18)7-5-10)12(13(17)9-20)8-19(14)15(21)22/h4-7,12-14,20H,8-9H2,1-3H3,(H,21,22). The Bertz CT molecular complexity index is 595. The summed E-state index contributed by atoms with van der Waals surface area (Å²) in [5.41, 5.74) is 0.694. The molecule has 4 unspecified atom stereocenters. The van der Waals surface area contributed by atoms with E-state index in [2.05, 4.69) is 48.8 Å². The number of halogens is 1. The van der Waals surface area contributed by atoms with Crippen molar-refractivity contribution in [1.29, 1.82) is 0 Å². The first-order valence-electron chi connectivity index (χ1n) is 7.61. The molecular weight excluding hydrogens is 346 g/mol. The van der Waals surface area contributed by atoms with Crippen LogP contribution in [0.15, 0.2) is 28.7 Å². The summed E-state index contributed by atoms with van der Waals surface area (Å²) in [6.07, 6.45) is -0.861. The SMILES string of the molecule is CC(C)(C)C1N(C(=O)O)CC2C(CO)C21c1ccc(Br)cc1. The van der Waals surface area contributed by atoms with Crippen LogP contribution in [0.3, 0.4) is 0 Å². The van der Waals surface area contributed by atoms with Gasteiger partial charge in [-0.3, -0.25) is 0 Å². The maximum absolute atomic E-state index is 11.7. The minimum atomic E-state index is -0.861. The third-order valence-corrected chi connectivity index (χ3v) is 5.90. The Morgan fingerprint density at radius 1 is 1.36 bits per heavy atom. The Morgan fingerprint density at radius 2 is 1.95 bits per heavy atom. The van der Waals surface area contributed by atoms with Gasteiger partial charge in [0.25, 0.3) is 0 Å². The Morgan fingerprint density at radius 3 is 2.41 bits per heavy atom. The number of aliphatic hydroxyl groups excluding tert-OH is 1. The zero-order valence-corrected chi connectivity index (χ0v) is 14.7. The molecule has 5 heteroatoms. The molecule has 1 aliphatic carbocycles. The first-order chi connectivity index (χ1) is 10.2. The van der Waals surface area contributed by atoms with Gasteiger partial charge in [0.1, 0.15) is 0 Å². The van der Waals surface area contributed by atoms with Crippen molar-refractivity contribution in [1.82, 2.24) is 4.90 Å². The number of likely N-dealkylation sites (tertiary alicyclic amines) is 1. The summed E-state index contributed by atoms with van der Waals surface area (Å²) in [5.74, 6) is 0.354. The lowest BCUT2D eigenvalue weighted by Gasteiger charge is -2.41. The molecule has 0 spiro atoms. The number of fused-ring (bicyclic) bond motifs is 1. The molecular formula is C17H22BrNO3. The fraction of sp³-hybridized carbons (Fsp3) is 0.588. The molecule has 1 aromatic rings. The second kappa shape index (κ2) is 4.96. The number of carbonyl (C=O) groups is 1. The molecule has 1 aromatic carbocycles. The van der Waals surface area contributed by atoms with Gasteiger partial charge in [-0.2, -0.15) is 0 Å². The average Bonchev–Trinajstić information content (AvgIpc) is 2.89. The van der Waals surface area contributed by atoms with Crippen molar-refractivity contribution >= 4 is 22.0 Å². The summed E-state index contributed by atoms with van der Waals surface area (Å²) in [7, 11) is 0. The van der Waals surface area contributed by atoms with Crippen LogP contribution in [-0.2, 0) is 5.41 Å². The number of carboxylic acid groups (broad SMARTS) is 1. The summed E-state index contributed by atoms with van der Waals surface area (Å²) in [4.78, 5) is 13.3. The van der Waals surface area contributed by atoms with E-state index in [-0.39, 0.29) is 35.3 Å². The lowest BCUT2D eigenvalue weighted by Crippen LogP contribution is -2.51. The van der Waals surface area contributed by atoms with Gasteiger partial charge < -0.3 is 15.1 Å². The molecule has 0 bridgehead atoms. The molecule has 120 valence electrons. The molecule has 3 rings (SSSR count). The molecule has 1 amide bonds. The van der Waals surface area contributed by atoms with Crippen molar-refractivity contribution in [3.8, 4) is 0 Å². The van der Waals surface area contributed by atoms with E-state index < -0.39 is 6.09 Å². The van der Waals surface area contributed by atoms with E-state index >= 15 is 0 Å². The Balaban J connectivity index is 2.12. The molecule has 4 atom stereocenters. The third-order valence-electron chi connectivity index (χ3n) is 5.37. The van der Waals surface area contributed by atoms with Crippen LogP contribution >= 0.6 is 15.9 Å². The normalized spacial score (nSPS) is 33.7. The second-order valence-electron chi connectivity index (χ2n) is 7.54. The zero-order chi connectivity index (χ0) is 16.3. The number of hydrogen-bond acceptors (Lipinski definition) is 2. The van der Waals surface area contributed by atoms with Gasteiger partial charge in [0, 0.05) is 23.0 Å². The first-order valence-corrected chi connectivity index (χ1v) is 8.40. The monoisotopic (exact) mass is 367 g/mol. The van der Waals surface area contributed by atoms with Crippen LogP contribution < -0.4 is 0 Å². The van der Waals surface area contributed by atoms with Crippen LogP contribution in [0.4, 0.5) is 4.79 Å². The van der Waals surface area contributed by atoms with Crippen LogP contribution in [0.5, 0.6) is 0 Å². The molecule has 2 fully saturated rings. The van der Waals surface area contributed by atoms with E-state index in [0.29, 0.717) is 6.54 Å². The fourth-order valence-corrected chi connectivity index (χ4v) is 5.06. The highest BCUT2D eigenvalue weighted by Crippen LogP contribution is 2.69. The van der Waals surface area contributed by atoms with Gasteiger partial charge in [0.15, 0.2) is 0 Å². The van der Waals surface area contributed by atoms with E-state index in [0.717, 1.165) is 10.0 Å². The van der Waals surface area contributed by atoms with E-state index in [1.165, 1.54) is 0 Å². The highest BCUT2D eigenvalue weighted by molar-refractivity contribution is 9.10. The van der Waals surface area contributed by atoms with Crippen molar-refractivity contribution in [2.75, 3.05) is 13.2 Å². The van der Waals surface area contributed by atoms with Crippen molar-refractivity contribution in [2.24, 2.45) is 17.3 Å². The molecule has 0 radical (unpaired) electrons. The molecule has 0 aromatic heterocycles. The number of piperidine rings is 1. The summed E-state index contributed by atoms with van der Waals surface area (Å²) in [5, 5.41) is 19.4. The van der Waals surface area contributed by atoms with Gasteiger partial charge in [-0.15, -0.1) is 0 Å². The molecule has 1 heterocycles. The van der Waals surface area contributed by atoms with Gasteiger partial charge in [-0.1, -0.05) is 48.8 Å². The van der Waals surface area contributed by atoms with Crippen LogP contribution in [0.1, 0.15) is 26.3 Å². The van der Waals surface area contributed by atoms with Crippen LogP contribution in [-0.4, -0.2) is 40.4 Å². The zero-order valence-electron chi connectivity index (χ0n) is 13.1. The maximum Gasteiger partial charge on any atom is 0.407 e. The van der Waals surface area contributed by atoms with Gasteiger partial charge >= 0.3 is 6.09 Å². The number of aliphatic hydroxyl groups is 1. The minimum absolute atomic E-state index is 0.112. The van der Waals surface area contributed by atoms with E-state index in [9.17, 15) is 15.0 Å². The largest absolute Gasteiger partial charge is 0.465 e. The van der Waals surface area contributed by atoms with Crippen molar-refractivity contribution in [3.05, 3.63) is 34.3 Å². The van der Waals surface area contributed by atoms with Crippen LogP contribution in [0.25, 0.3) is 0 Å². The predicted molar refractivity (Wildman–Crippen MR) is 87.9 cm³/mol. The number of hydrogen-bond donors (Lipinski definition) is 2. The number of benzene rings is 1. The highest BCUT2D eigenvalue weighted by atomic mass is 79.9. The van der Waals surface area contributed by atoms with Crippen molar-refractivity contribution in [2.45, 2.75) is 32.2 Å². The molecule has 1 saturated heterocycles. The van der Waals surface area contributed by atoms with E-state index in [1.54, 1.807) is 4.90 Å². The molecule has 1 aliphatic heterocycles. The Hall–Kier alpha value is -1.07. The predicted octanol–water partition coefficient (Wildman–Crippen LogP) is 3.33. The summed E-state index contributed by atoms with van der Waals surface area (Å²) in [6, 6.07) is 8.00. The minimum Gasteiger partial charge on any atom is -0.465 e. The number of rotatable bonds is 2. The lowest BCUT2D eigenvalue weighted by molar-refractivity contribution is 0.0720. The van der Waals surface area contributed by atoms with E-state index in [4.69, 9.17) is 0 Å². The van der Waals surface area contributed by atoms with Crippen LogP contribution in [0.2, 0.25) is 0 Å². The van der Waals surface area contributed by atoms with Gasteiger partial charge in [-0.05, 0) is 34.9 Å². The van der Waals surface area contributed by atoms with Gasteiger partial charge in [-0.25, -0.2) is 4.79 Å².